The molecule has 14 rings (SSSR count). The zero-order valence-electron chi connectivity index (χ0n) is 62.4. The number of aromatic hydroxyl groups is 3. The summed E-state index contributed by atoms with van der Waals surface area (Å²) >= 11 is 14.1. The van der Waals surface area contributed by atoms with Gasteiger partial charge in [0.05, 0.1) is 41.3 Å². The number of carboxylic acids is 2. The lowest BCUT2D eigenvalue weighted by Gasteiger charge is -2.47. The Balaban J connectivity index is 0.000000787. The lowest BCUT2D eigenvalue weighted by atomic mass is 9.86. The Hall–Kier alpha value is -11.0. The number of aliphatic hydroxyl groups excluding tert-OH is 6. The maximum atomic E-state index is 16.0. The summed E-state index contributed by atoms with van der Waals surface area (Å²) in [5, 5.41) is 140. The smallest absolute Gasteiger partial charge is 0.330 e. The van der Waals surface area contributed by atoms with E-state index >= 15 is 14.4 Å². The van der Waals surface area contributed by atoms with E-state index in [0.29, 0.717) is 6.42 Å². The summed E-state index contributed by atoms with van der Waals surface area (Å²) in [6.45, 7) is 5.66. The van der Waals surface area contributed by atoms with Gasteiger partial charge in [0.2, 0.25) is 53.4 Å². The summed E-state index contributed by atoms with van der Waals surface area (Å²) in [6.07, 6.45) is -16.4. The minimum absolute atomic E-state index is 0.0975. The second-order valence-corrected chi connectivity index (χ2v) is 30.0. The number of aromatic amines is 1. The van der Waals surface area contributed by atoms with Crippen molar-refractivity contribution in [1.29, 1.82) is 0 Å². The Labute approximate surface area is 669 Å². The maximum Gasteiger partial charge on any atom is 0.330 e. The summed E-state index contributed by atoms with van der Waals surface area (Å²) in [5.74, 6) is -17.0. The van der Waals surface area contributed by atoms with Crippen LogP contribution in [-0.2, 0) is 63.8 Å². The quantitative estimate of drug-likeness (QED) is 0.0647. The van der Waals surface area contributed by atoms with Crippen molar-refractivity contribution in [3.8, 4) is 57.1 Å². The van der Waals surface area contributed by atoms with Gasteiger partial charge in [-0.3, -0.25) is 38.4 Å². The molecule has 7 aliphatic heterocycles. The molecule has 11 bridgehead atoms. The number of phenolic OH excluding ortho intramolecular Hbond substituents is 3. The Kier molecular flexibility index (Phi) is 26.4. The van der Waals surface area contributed by atoms with Gasteiger partial charge in [0.25, 0.3) is 0 Å². The van der Waals surface area contributed by atoms with E-state index in [9.17, 15) is 79.8 Å². The van der Waals surface area contributed by atoms with Gasteiger partial charge >= 0.3 is 11.9 Å². The number of fused-ring (bicyclic) bond motifs is 16. The van der Waals surface area contributed by atoms with Crippen molar-refractivity contribution in [2.45, 2.75) is 169 Å². The molecule has 620 valence electrons. The first-order valence-corrected chi connectivity index (χ1v) is 37.1. The molecule has 2 saturated heterocycles. The molecule has 2 unspecified atom stereocenters. The van der Waals surface area contributed by atoms with E-state index in [1.807, 2.05) is 44.3 Å². The Morgan fingerprint density at radius 1 is 0.707 bits per heavy atom. The predicted octanol–water partition coefficient (Wildman–Crippen LogP) is 1.23. The molecule has 7 aliphatic rings. The fraction of sp³-hybridized carbons (Fsp3) is 0.390. The summed E-state index contributed by atoms with van der Waals surface area (Å²) in [4.78, 5) is 131. The van der Waals surface area contributed by atoms with Gasteiger partial charge in [0.15, 0.2) is 29.9 Å². The third kappa shape index (κ3) is 18.8. The number of H-pyrrole nitrogens is 1. The number of amides is 7. The normalized spacial score (nSPS) is 27.3. The average Bonchev–Trinajstić information content (AvgIpc) is 0.821. The molecule has 7 aromatic rings. The molecule has 0 spiro atoms. The highest BCUT2D eigenvalue weighted by Crippen LogP contribution is 2.50. The minimum atomic E-state index is -2.35. The van der Waals surface area contributed by atoms with Crippen LogP contribution in [0.5, 0.6) is 46.0 Å². The largest absolute Gasteiger partial charge is 0.508 e. The molecule has 37 nitrogen and oxygen atoms in total. The molecule has 0 aliphatic carbocycles. The number of carboxylic acid groups (broad SMARTS) is 2. The standard InChI is InChI=1S/C66H75Cl2N9O24.C11H12N2O2/c1-23(2)12-34(71-5)58(88)76-49-51(83)26-7-10-38(32(67)14-26)97-40-16-28-17-41(55(40)101-65-56(54(86)53(85)42(22-78)99-65)100-44-21-66(4,70)57(87)24(3)96-44)98-39-11-8-27(15-33(39)68)52(84)50-63(93)75-48(64(94)95)31-18-29(79)19-37(81)45(31)30-13-25(6-9-36(30)80)46(60(90)77-50)74-61(91)47(28)73-59(89)35(20-43(69)82)72-62(49)92;12-9(11(14)15)5-7-6-13-10-4-2-1-3-8(7)10/h6-11,13-19,23-24,34-35,42,44,46-54,56-57,65,71,78-81,83-87H,12,20-22,70H2,1-5H3,(H2,69,82)(H,72,92)(H,73,89)(H,74,91)(H,75,93)(H,76,88)(H,77,90)(H,94,95);1-4,6,9,13H,5,12H2,(H,14,15)/t24-,34+,35-,42+,44-,46+,47+,48+,49+,50-,51+,52+,53+,54-,56+,57?,65-,66-;/m0./s1. The first-order valence-electron chi connectivity index (χ1n) is 36.3. The van der Waals surface area contributed by atoms with Crippen molar-refractivity contribution < 1.29 is 128 Å². The van der Waals surface area contributed by atoms with Crippen LogP contribution in [0.4, 0.5) is 0 Å². The summed E-state index contributed by atoms with van der Waals surface area (Å²) in [5.41, 5.74) is 15.4. The van der Waals surface area contributed by atoms with E-state index in [1.165, 1.54) is 33.0 Å². The minimum Gasteiger partial charge on any atom is -0.508 e. The van der Waals surface area contributed by atoms with Gasteiger partial charge in [-0.1, -0.05) is 73.4 Å². The van der Waals surface area contributed by atoms with Gasteiger partial charge in [0, 0.05) is 58.2 Å². The van der Waals surface area contributed by atoms with E-state index in [0.717, 1.165) is 83.2 Å². The van der Waals surface area contributed by atoms with Crippen molar-refractivity contribution in [2.75, 3.05) is 13.7 Å². The number of phenols is 3. The number of nitrogens with two attached hydrogens (primary N) is 3. The monoisotopic (exact) mass is 1650 g/mol. The third-order valence-electron chi connectivity index (χ3n) is 20.2. The van der Waals surface area contributed by atoms with Crippen LogP contribution in [0.25, 0.3) is 22.0 Å². The van der Waals surface area contributed by atoms with Crippen LogP contribution in [0.1, 0.15) is 111 Å². The molecule has 1 aromatic heterocycles. The van der Waals surface area contributed by atoms with Gasteiger partial charge in [0.1, 0.15) is 95.5 Å². The van der Waals surface area contributed by atoms with Gasteiger partial charge in [-0.15, -0.1) is 0 Å². The van der Waals surface area contributed by atoms with Gasteiger partial charge in [-0.05, 0) is 122 Å². The molecule has 0 radical (unpaired) electrons. The zero-order valence-corrected chi connectivity index (χ0v) is 63.9. The average molecular weight is 1650 g/mol. The molecule has 116 heavy (non-hydrogen) atoms. The van der Waals surface area contributed by atoms with Crippen molar-refractivity contribution in [2.24, 2.45) is 23.1 Å². The number of para-hydroxylation sites is 1. The molecule has 2 fully saturated rings. The number of halogens is 2. The highest BCUT2D eigenvalue weighted by molar-refractivity contribution is 6.32. The number of carbonyl (C=O) groups is 9. The second kappa shape index (κ2) is 35.6. The number of nitrogens with one attached hydrogen (secondary N) is 8. The number of aliphatic carboxylic acids is 2. The molecule has 0 saturated carbocycles. The van der Waals surface area contributed by atoms with E-state index < -0.39 is 249 Å². The first kappa shape index (κ1) is 85.9. The van der Waals surface area contributed by atoms with Gasteiger partial charge in [-0.2, -0.15) is 0 Å². The molecular formula is C77H87Cl2N11O26. The van der Waals surface area contributed by atoms with Gasteiger partial charge in [-0.25, -0.2) is 4.79 Å². The van der Waals surface area contributed by atoms with Crippen molar-refractivity contribution >= 4 is 87.4 Å². The Morgan fingerprint density at radius 3 is 1.93 bits per heavy atom. The number of ether oxygens (including phenoxy) is 6. The number of benzene rings is 6. The highest BCUT2D eigenvalue weighted by Gasteiger charge is 2.52. The van der Waals surface area contributed by atoms with Crippen LogP contribution < -0.4 is 68.6 Å². The molecular weight excluding hydrogens is 1570 g/mol. The number of aromatic nitrogens is 1. The fourth-order valence-electron chi connectivity index (χ4n) is 14.1. The van der Waals surface area contributed by atoms with Crippen LogP contribution >= 0.6 is 23.2 Å². The fourth-order valence-corrected chi connectivity index (χ4v) is 14.6. The number of hydrogen-bond acceptors (Lipinski definition) is 27. The van der Waals surface area contributed by atoms with Crippen LogP contribution in [0.2, 0.25) is 10.0 Å². The Bertz CT molecular complexity index is 4940. The lowest BCUT2D eigenvalue weighted by Crippen LogP contribution is -2.64. The highest BCUT2D eigenvalue weighted by atomic mass is 35.5. The number of carbonyl (C=O) groups excluding carboxylic acids is 7. The number of rotatable bonds is 16. The molecule has 39 heteroatoms. The SMILES string of the molecule is CN[C@H](CC(C)C)C(=O)N[C@H]1C(=O)N[C@@H](CC(N)=O)C(=O)N[C@H]2C(=O)N[C@H]3C(=O)N[C@H](C(=O)N[C@@H](C(=O)O)c4cc(O)cc(O)c4-c4cc3ccc4O)[C@H](O)c3ccc(c(Cl)c3)Oc3cc2cc(c3O[C@@H]2O[C@H](CO)[C@@H](O)[C@H](O)[C@H]2O[C@H]2C[C@](C)(N)C(O)[C@H](C)O2)Oc2ccc(cc2Cl)[C@H]1O.NC(Cc1c[nH]c2ccccc12)C(=O)O. The third-order valence-corrected chi connectivity index (χ3v) is 20.8. The molecule has 7 amide bonds. The van der Waals surface area contributed by atoms with Crippen LogP contribution in [-0.4, -0.2) is 213 Å². The first-order chi connectivity index (χ1) is 54.8. The summed E-state index contributed by atoms with van der Waals surface area (Å²) in [7, 11) is 1.47. The second-order valence-electron chi connectivity index (χ2n) is 29.2. The summed E-state index contributed by atoms with van der Waals surface area (Å²) in [6, 6.07) is 6.23. The predicted molar refractivity (Wildman–Crippen MR) is 407 cm³/mol. The van der Waals surface area contributed by atoms with Gasteiger partial charge < -0.3 is 144 Å². The molecule has 8 heterocycles. The number of aliphatic hydroxyl groups is 6. The van der Waals surface area contributed by atoms with E-state index in [1.54, 1.807) is 0 Å². The number of hydrogen-bond donors (Lipinski definition) is 22. The van der Waals surface area contributed by atoms with Crippen molar-refractivity contribution in [3.63, 3.8) is 0 Å². The van der Waals surface area contributed by atoms with E-state index in [2.05, 4.69) is 42.2 Å². The van der Waals surface area contributed by atoms with E-state index in [-0.39, 0.29) is 46.2 Å². The molecule has 19 atom stereocenters. The van der Waals surface area contributed by atoms with Crippen LogP contribution in [0.15, 0.2) is 109 Å². The molecule has 6 aromatic carbocycles. The van der Waals surface area contributed by atoms with Crippen LogP contribution in [0, 0.1) is 5.92 Å². The maximum absolute atomic E-state index is 16.0. The topological polar surface area (TPSA) is 610 Å². The van der Waals surface area contributed by atoms with E-state index in [4.69, 9.17) is 73.9 Å². The summed E-state index contributed by atoms with van der Waals surface area (Å²) < 4.78 is 38.3. The van der Waals surface area contributed by atoms with Crippen molar-refractivity contribution in [1.82, 2.24) is 42.2 Å². The van der Waals surface area contributed by atoms with Crippen molar-refractivity contribution in [3.05, 3.63) is 153 Å². The molecule has 25 N–H and O–H groups in total. The number of likely N-dealkylation sites (N-methyl/N-ethyl adjacent to an activating group) is 1. The lowest BCUT2D eigenvalue weighted by molar-refractivity contribution is -0.333. The zero-order chi connectivity index (χ0) is 84.4. The Morgan fingerprint density at radius 2 is 1.33 bits per heavy atom. The van der Waals surface area contributed by atoms with Crippen LogP contribution in [0.3, 0.4) is 0 Å². The number of primary amides is 1.